The van der Waals surface area contributed by atoms with Gasteiger partial charge in [0.2, 0.25) is 0 Å². The maximum Gasteiger partial charge on any atom is 0.336 e. The lowest BCUT2D eigenvalue weighted by Gasteiger charge is -2.09. The number of nitrogens with zero attached hydrogens (tertiary/aromatic N) is 2. The molecule has 8 heteroatoms. The number of halogens is 1. The molecule has 0 atom stereocenters. The number of rotatable bonds is 4. The molecule has 0 amide bonds. The highest BCUT2D eigenvalue weighted by molar-refractivity contribution is 7.17. The molecule has 0 aliphatic heterocycles. The minimum Gasteiger partial charge on any atom is -0.497 e. The average molecular weight is 434 g/mol. The number of thiophene rings is 1. The first kappa shape index (κ1) is 19.2. The van der Waals surface area contributed by atoms with E-state index >= 15 is 0 Å². The lowest BCUT2D eigenvalue weighted by Crippen LogP contribution is -2.21. The van der Waals surface area contributed by atoms with Gasteiger partial charge in [0.05, 0.1) is 25.4 Å². The van der Waals surface area contributed by atoms with Crippen LogP contribution in [-0.2, 0) is 6.54 Å². The van der Waals surface area contributed by atoms with Crippen molar-refractivity contribution < 1.29 is 13.5 Å². The topological polar surface area (TPSA) is 74.3 Å². The Hall–Kier alpha value is -3.78. The van der Waals surface area contributed by atoms with Gasteiger partial charge in [-0.3, -0.25) is 9.36 Å². The van der Waals surface area contributed by atoms with Crippen LogP contribution in [0.5, 0.6) is 5.75 Å². The van der Waals surface area contributed by atoms with Gasteiger partial charge < -0.3 is 9.15 Å². The van der Waals surface area contributed by atoms with E-state index in [1.807, 2.05) is 5.38 Å². The predicted octanol–water partition coefficient (Wildman–Crippen LogP) is 4.43. The van der Waals surface area contributed by atoms with Gasteiger partial charge in [0.1, 0.15) is 22.0 Å². The van der Waals surface area contributed by atoms with E-state index in [0.29, 0.717) is 38.1 Å². The molecule has 0 spiro atoms. The molecule has 0 bridgehead atoms. The third-order valence-electron chi connectivity index (χ3n) is 5.09. The quantitative estimate of drug-likeness (QED) is 0.391. The molecule has 0 unspecified atom stereocenters. The summed E-state index contributed by atoms with van der Waals surface area (Å²) in [7, 11) is 1.53. The summed E-state index contributed by atoms with van der Waals surface area (Å²) >= 11 is 1.35. The fraction of sp³-hybridized carbons (Fsp3) is 0.0870. The van der Waals surface area contributed by atoms with Gasteiger partial charge in [-0.2, -0.15) is 0 Å². The zero-order valence-corrected chi connectivity index (χ0v) is 17.1. The zero-order chi connectivity index (χ0) is 21.5. The standard InChI is InChI=1S/C23H15FN2O4S/c1-29-16-6-7-17-14(8-20(27)30-19(17)9-16)10-26-12-25-22-21(23(26)28)18(11-31-22)13-2-4-15(24)5-3-13/h2-9,11-12H,10H2,1H3. The van der Waals surface area contributed by atoms with E-state index in [4.69, 9.17) is 9.15 Å². The molecule has 2 aromatic carbocycles. The van der Waals surface area contributed by atoms with E-state index < -0.39 is 5.63 Å². The van der Waals surface area contributed by atoms with Crippen molar-refractivity contribution in [2.45, 2.75) is 6.54 Å². The van der Waals surface area contributed by atoms with E-state index in [9.17, 15) is 14.0 Å². The van der Waals surface area contributed by atoms with Crippen molar-refractivity contribution in [1.82, 2.24) is 9.55 Å². The van der Waals surface area contributed by atoms with Crippen LogP contribution in [0.3, 0.4) is 0 Å². The van der Waals surface area contributed by atoms with Crippen LogP contribution in [0.1, 0.15) is 5.56 Å². The van der Waals surface area contributed by atoms with Crippen molar-refractivity contribution in [3.8, 4) is 16.9 Å². The first-order valence-electron chi connectivity index (χ1n) is 9.37. The van der Waals surface area contributed by atoms with E-state index in [-0.39, 0.29) is 17.9 Å². The van der Waals surface area contributed by atoms with Gasteiger partial charge in [-0.15, -0.1) is 11.3 Å². The molecule has 0 saturated carbocycles. The first-order chi connectivity index (χ1) is 15.0. The van der Waals surface area contributed by atoms with E-state index in [1.165, 1.54) is 47.5 Å². The summed E-state index contributed by atoms with van der Waals surface area (Å²) in [6.45, 7) is 0.148. The molecule has 0 fully saturated rings. The zero-order valence-electron chi connectivity index (χ0n) is 16.3. The Morgan fingerprint density at radius 2 is 1.94 bits per heavy atom. The Morgan fingerprint density at radius 3 is 2.71 bits per heavy atom. The molecule has 3 heterocycles. The van der Waals surface area contributed by atoms with Gasteiger partial charge in [0.25, 0.3) is 5.56 Å². The monoisotopic (exact) mass is 434 g/mol. The third-order valence-corrected chi connectivity index (χ3v) is 5.98. The van der Waals surface area contributed by atoms with Crippen LogP contribution in [0, 0.1) is 5.82 Å². The number of methoxy groups -OCH3 is 1. The second-order valence-electron chi connectivity index (χ2n) is 6.97. The Bertz CT molecular complexity index is 1550. The third kappa shape index (κ3) is 3.40. The van der Waals surface area contributed by atoms with Gasteiger partial charge in [-0.25, -0.2) is 14.2 Å². The predicted molar refractivity (Wildman–Crippen MR) is 117 cm³/mol. The summed E-state index contributed by atoms with van der Waals surface area (Å²) in [6, 6.07) is 12.6. The Kier molecular flexibility index (Phi) is 4.63. The summed E-state index contributed by atoms with van der Waals surface area (Å²) in [4.78, 5) is 30.4. The van der Waals surface area contributed by atoms with Gasteiger partial charge in [-0.1, -0.05) is 12.1 Å². The fourth-order valence-corrected chi connectivity index (χ4v) is 4.48. The molecule has 31 heavy (non-hydrogen) atoms. The van der Waals surface area contributed by atoms with Crippen molar-refractivity contribution >= 4 is 32.5 Å². The number of hydrogen-bond acceptors (Lipinski definition) is 6. The molecular weight excluding hydrogens is 419 g/mol. The molecule has 154 valence electrons. The lowest BCUT2D eigenvalue weighted by molar-refractivity contribution is 0.414. The molecular formula is C23H15FN2O4S. The molecule has 0 aliphatic rings. The van der Waals surface area contributed by atoms with Crippen molar-refractivity contribution in [2.24, 2.45) is 0 Å². The summed E-state index contributed by atoms with van der Waals surface area (Å²) in [5.41, 5.74) is 1.71. The fourth-order valence-electron chi connectivity index (χ4n) is 3.57. The van der Waals surface area contributed by atoms with E-state index in [0.717, 1.165) is 5.56 Å². The Balaban J connectivity index is 1.64. The molecule has 0 radical (unpaired) electrons. The minimum absolute atomic E-state index is 0.148. The number of hydrogen-bond donors (Lipinski definition) is 0. The molecule has 6 nitrogen and oxygen atoms in total. The first-order valence-corrected chi connectivity index (χ1v) is 10.2. The van der Waals surface area contributed by atoms with Crippen molar-refractivity contribution in [3.05, 3.63) is 92.4 Å². The number of benzene rings is 2. The van der Waals surface area contributed by atoms with Gasteiger partial charge >= 0.3 is 5.63 Å². The van der Waals surface area contributed by atoms with Crippen LogP contribution in [0.2, 0.25) is 0 Å². The average Bonchev–Trinajstić information content (AvgIpc) is 3.20. The van der Waals surface area contributed by atoms with Crippen LogP contribution in [0.4, 0.5) is 4.39 Å². The highest BCUT2D eigenvalue weighted by Crippen LogP contribution is 2.31. The van der Waals surface area contributed by atoms with E-state index in [2.05, 4.69) is 4.98 Å². The molecule has 0 N–H and O–H groups in total. The summed E-state index contributed by atoms with van der Waals surface area (Å²) < 4.78 is 25.3. The van der Waals surface area contributed by atoms with Gasteiger partial charge in [0.15, 0.2) is 0 Å². The summed E-state index contributed by atoms with van der Waals surface area (Å²) in [5, 5.41) is 3.01. The second-order valence-corrected chi connectivity index (χ2v) is 7.82. The maximum absolute atomic E-state index is 13.3. The van der Waals surface area contributed by atoms with Crippen LogP contribution < -0.4 is 15.9 Å². The lowest BCUT2D eigenvalue weighted by atomic mass is 10.1. The number of fused-ring (bicyclic) bond motifs is 2. The van der Waals surface area contributed by atoms with Crippen LogP contribution in [0.15, 0.2) is 74.2 Å². The minimum atomic E-state index is -0.514. The molecule has 0 saturated heterocycles. The van der Waals surface area contributed by atoms with Crippen LogP contribution in [-0.4, -0.2) is 16.7 Å². The smallest absolute Gasteiger partial charge is 0.336 e. The van der Waals surface area contributed by atoms with Crippen LogP contribution >= 0.6 is 11.3 Å². The molecule has 5 rings (SSSR count). The van der Waals surface area contributed by atoms with Crippen molar-refractivity contribution in [2.75, 3.05) is 7.11 Å². The normalized spacial score (nSPS) is 11.3. The van der Waals surface area contributed by atoms with E-state index in [1.54, 1.807) is 30.3 Å². The highest BCUT2D eigenvalue weighted by atomic mass is 32.1. The van der Waals surface area contributed by atoms with Gasteiger partial charge in [0, 0.05) is 28.5 Å². The largest absolute Gasteiger partial charge is 0.497 e. The van der Waals surface area contributed by atoms with Crippen molar-refractivity contribution in [3.63, 3.8) is 0 Å². The SMILES string of the molecule is COc1ccc2c(Cn3cnc4scc(-c5ccc(F)cc5)c4c3=O)cc(=O)oc2c1. The molecule has 5 aromatic rings. The highest BCUT2D eigenvalue weighted by Gasteiger charge is 2.15. The summed E-state index contributed by atoms with van der Waals surface area (Å²) in [6.07, 6.45) is 1.47. The number of ether oxygens (including phenoxy) is 1. The maximum atomic E-state index is 13.3. The van der Waals surface area contributed by atoms with Crippen LogP contribution in [0.25, 0.3) is 32.3 Å². The Labute approximate surface area is 178 Å². The molecule has 3 aromatic heterocycles. The Morgan fingerprint density at radius 1 is 1.13 bits per heavy atom. The second kappa shape index (κ2) is 7.48. The summed E-state index contributed by atoms with van der Waals surface area (Å²) in [5.74, 6) is 0.223. The van der Waals surface area contributed by atoms with Crippen molar-refractivity contribution in [1.29, 1.82) is 0 Å². The number of aromatic nitrogens is 2. The van der Waals surface area contributed by atoms with Gasteiger partial charge in [-0.05, 0) is 35.4 Å². The molecule has 0 aliphatic carbocycles.